The van der Waals surface area contributed by atoms with Crippen LogP contribution in [0.5, 0.6) is 11.5 Å². The van der Waals surface area contributed by atoms with Crippen molar-refractivity contribution in [2.45, 2.75) is 32.5 Å². The van der Waals surface area contributed by atoms with Crippen molar-refractivity contribution in [2.24, 2.45) is 0 Å². The van der Waals surface area contributed by atoms with Gasteiger partial charge < -0.3 is 18.6 Å². The Balaban J connectivity index is 1.44. The van der Waals surface area contributed by atoms with E-state index in [2.05, 4.69) is 17.1 Å². The Bertz CT molecular complexity index is 996. The summed E-state index contributed by atoms with van der Waals surface area (Å²) in [5, 5.41) is 7.94. The summed E-state index contributed by atoms with van der Waals surface area (Å²) in [7, 11) is 1.60. The summed E-state index contributed by atoms with van der Waals surface area (Å²) in [5.41, 5.74) is 2.17. The van der Waals surface area contributed by atoms with Crippen molar-refractivity contribution < 1.29 is 23.4 Å². The molecule has 0 bridgehead atoms. The molecule has 1 aliphatic rings. The number of carbonyl (C=O) groups excluding carboxylic acids is 1. The minimum Gasteiger partial charge on any atom is -0.497 e. The minimum atomic E-state index is -0.484. The zero-order valence-electron chi connectivity index (χ0n) is 15.8. The second-order valence-electron chi connectivity index (χ2n) is 6.64. The van der Waals surface area contributed by atoms with Crippen LogP contribution < -0.4 is 9.47 Å². The number of hydrogen-bond acceptors (Lipinski definition) is 7. The molecule has 0 aliphatic carbocycles. The molecule has 2 atom stereocenters. The Morgan fingerprint density at radius 3 is 2.64 bits per heavy atom. The standard InChI is InChI=1S/C21H20N2O5/c1-12-13(2)27-19-16(12)5-4-6-17(19)21(24)26-11-18-22-23-20(28-18)14-7-9-15(25-3)10-8-14/h4-10,12-13H,11H2,1-3H3/t12-,13-/m1/s1. The molecule has 0 N–H and O–H groups in total. The highest BCUT2D eigenvalue weighted by molar-refractivity contribution is 5.93. The molecular formula is C21H20N2O5. The zero-order valence-corrected chi connectivity index (χ0v) is 15.8. The maximum atomic E-state index is 12.5. The molecule has 28 heavy (non-hydrogen) atoms. The second-order valence-corrected chi connectivity index (χ2v) is 6.64. The van der Waals surface area contributed by atoms with Crippen molar-refractivity contribution >= 4 is 5.97 Å². The van der Waals surface area contributed by atoms with Crippen LogP contribution >= 0.6 is 0 Å². The summed E-state index contributed by atoms with van der Waals surface area (Å²) >= 11 is 0. The third-order valence-corrected chi connectivity index (χ3v) is 4.89. The number of fused-ring (bicyclic) bond motifs is 1. The molecule has 4 rings (SSSR count). The molecule has 7 nitrogen and oxygen atoms in total. The van der Waals surface area contributed by atoms with Crippen LogP contribution in [0.3, 0.4) is 0 Å². The molecule has 0 amide bonds. The van der Waals surface area contributed by atoms with Crippen LogP contribution in [0, 0.1) is 0 Å². The van der Waals surface area contributed by atoms with Gasteiger partial charge in [-0.2, -0.15) is 0 Å². The van der Waals surface area contributed by atoms with Crippen molar-refractivity contribution in [1.29, 1.82) is 0 Å². The van der Waals surface area contributed by atoms with Gasteiger partial charge in [0.1, 0.15) is 23.2 Å². The molecule has 2 aromatic carbocycles. The molecule has 144 valence electrons. The molecule has 7 heteroatoms. The van der Waals surface area contributed by atoms with E-state index in [4.69, 9.17) is 18.6 Å². The van der Waals surface area contributed by atoms with Crippen LogP contribution in [0.4, 0.5) is 0 Å². The van der Waals surface area contributed by atoms with Crippen LogP contribution in [-0.4, -0.2) is 29.4 Å². The van der Waals surface area contributed by atoms with E-state index in [9.17, 15) is 4.79 Å². The third kappa shape index (κ3) is 3.31. The summed E-state index contributed by atoms with van der Waals surface area (Å²) in [5.74, 6) is 1.64. The molecular weight excluding hydrogens is 360 g/mol. The largest absolute Gasteiger partial charge is 0.497 e. The van der Waals surface area contributed by atoms with Gasteiger partial charge in [0.15, 0.2) is 6.61 Å². The average Bonchev–Trinajstić information content (AvgIpc) is 3.31. The lowest BCUT2D eigenvalue weighted by Gasteiger charge is -2.08. The van der Waals surface area contributed by atoms with E-state index in [1.54, 1.807) is 25.3 Å². The Kier molecular flexibility index (Phi) is 4.73. The maximum absolute atomic E-state index is 12.5. The molecule has 0 unspecified atom stereocenters. The predicted molar refractivity (Wildman–Crippen MR) is 100 cm³/mol. The van der Waals surface area contributed by atoms with Gasteiger partial charge in [0.25, 0.3) is 5.89 Å². The summed E-state index contributed by atoms with van der Waals surface area (Å²) in [4.78, 5) is 12.5. The molecule has 1 aliphatic heterocycles. The van der Waals surface area contributed by atoms with Gasteiger partial charge in [-0.1, -0.05) is 19.1 Å². The normalized spacial score (nSPS) is 17.7. The van der Waals surface area contributed by atoms with Crippen LogP contribution in [0.2, 0.25) is 0 Å². The fourth-order valence-electron chi connectivity index (χ4n) is 3.11. The lowest BCUT2D eigenvalue weighted by molar-refractivity contribution is 0.0433. The van der Waals surface area contributed by atoms with E-state index < -0.39 is 5.97 Å². The number of para-hydroxylation sites is 1. The van der Waals surface area contributed by atoms with Crippen LogP contribution in [0.1, 0.15) is 41.6 Å². The number of hydrogen-bond donors (Lipinski definition) is 0. The number of ether oxygens (including phenoxy) is 3. The van der Waals surface area contributed by atoms with Crippen LogP contribution in [-0.2, 0) is 11.3 Å². The van der Waals surface area contributed by atoms with E-state index in [1.165, 1.54) is 0 Å². The summed E-state index contributed by atoms with van der Waals surface area (Å²) < 4.78 is 21.9. The fourth-order valence-corrected chi connectivity index (χ4v) is 3.11. The highest BCUT2D eigenvalue weighted by Gasteiger charge is 2.31. The topological polar surface area (TPSA) is 83.7 Å². The van der Waals surface area contributed by atoms with Crippen molar-refractivity contribution in [2.75, 3.05) is 7.11 Å². The van der Waals surface area contributed by atoms with Gasteiger partial charge in [-0.3, -0.25) is 0 Å². The average molecular weight is 380 g/mol. The highest BCUT2D eigenvalue weighted by atomic mass is 16.5. The van der Waals surface area contributed by atoms with E-state index in [0.29, 0.717) is 17.2 Å². The Morgan fingerprint density at radius 2 is 1.89 bits per heavy atom. The van der Waals surface area contributed by atoms with Gasteiger partial charge >= 0.3 is 5.97 Å². The smallest absolute Gasteiger partial charge is 0.342 e. The summed E-state index contributed by atoms with van der Waals surface area (Å²) in [6.45, 7) is 3.94. The minimum absolute atomic E-state index is 0.0203. The number of benzene rings is 2. The van der Waals surface area contributed by atoms with Gasteiger partial charge in [0, 0.05) is 17.0 Å². The van der Waals surface area contributed by atoms with Crippen molar-refractivity contribution in [3.05, 3.63) is 59.5 Å². The van der Waals surface area contributed by atoms with Gasteiger partial charge in [-0.25, -0.2) is 4.79 Å². The van der Waals surface area contributed by atoms with Crippen LogP contribution in [0.25, 0.3) is 11.5 Å². The zero-order chi connectivity index (χ0) is 19.7. The van der Waals surface area contributed by atoms with E-state index >= 15 is 0 Å². The first-order valence-electron chi connectivity index (χ1n) is 9.00. The summed E-state index contributed by atoms with van der Waals surface area (Å²) in [6, 6.07) is 12.7. The van der Waals surface area contributed by atoms with Crippen molar-refractivity contribution in [3.8, 4) is 23.0 Å². The Labute approximate surface area is 162 Å². The molecule has 0 spiro atoms. The predicted octanol–water partition coefficient (Wildman–Crippen LogP) is 3.99. The van der Waals surface area contributed by atoms with E-state index in [0.717, 1.165) is 16.9 Å². The van der Waals surface area contributed by atoms with E-state index in [1.807, 2.05) is 31.2 Å². The number of rotatable bonds is 5. The molecule has 0 saturated carbocycles. The highest BCUT2D eigenvalue weighted by Crippen LogP contribution is 2.40. The van der Waals surface area contributed by atoms with Crippen LogP contribution in [0.15, 0.2) is 46.9 Å². The number of esters is 1. The lowest BCUT2D eigenvalue weighted by Crippen LogP contribution is -2.11. The molecule has 0 saturated heterocycles. The number of aromatic nitrogens is 2. The molecule has 2 heterocycles. The molecule has 1 aromatic heterocycles. The van der Waals surface area contributed by atoms with Crippen molar-refractivity contribution in [3.63, 3.8) is 0 Å². The monoisotopic (exact) mass is 380 g/mol. The molecule has 3 aromatic rings. The maximum Gasteiger partial charge on any atom is 0.342 e. The fraction of sp³-hybridized carbons (Fsp3) is 0.286. The number of methoxy groups -OCH3 is 1. The summed E-state index contributed by atoms with van der Waals surface area (Å²) in [6.07, 6.45) is 0.0203. The molecule has 0 fully saturated rings. The third-order valence-electron chi connectivity index (χ3n) is 4.89. The Morgan fingerprint density at radius 1 is 1.11 bits per heavy atom. The van der Waals surface area contributed by atoms with Crippen molar-refractivity contribution in [1.82, 2.24) is 10.2 Å². The quantitative estimate of drug-likeness (QED) is 0.619. The SMILES string of the molecule is COc1ccc(-c2nnc(COC(=O)c3cccc4c3O[C@H](C)[C@H]4C)o2)cc1. The van der Waals surface area contributed by atoms with Gasteiger partial charge in [-0.05, 0) is 37.3 Å². The second kappa shape index (κ2) is 7.34. The number of nitrogens with zero attached hydrogens (tertiary/aromatic N) is 2. The van der Waals surface area contributed by atoms with Gasteiger partial charge in [-0.15, -0.1) is 10.2 Å². The first-order chi connectivity index (χ1) is 13.6. The lowest BCUT2D eigenvalue weighted by atomic mass is 9.97. The first kappa shape index (κ1) is 18.0. The first-order valence-corrected chi connectivity index (χ1v) is 9.00. The van der Waals surface area contributed by atoms with E-state index in [-0.39, 0.29) is 24.5 Å². The van der Waals surface area contributed by atoms with Gasteiger partial charge in [0.2, 0.25) is 5.89 Å². The molecule has 0 radical (unpaired) electrons. The Hall–Kier alpha value is -3.35. The number of carbonyl (C=O) groups is 1. The van der Waals surface area contributed by atoms with Gasteiger partial charge in [0.05, 0.1) is 7.11 Å².